The van der Waals surface area contributed by atoms with Crippen molar-refractivity contribution in [3.05, 3.63) is 0 Å². The van der Waals surface area contributed by atoms with E-state index in [1.165, 1.54) is 19.3 Å². The minimum absolute atomic E-state index is 0.126. The summed E-state index contributed by atoms with van der Waals surface area (Å²) in [6.45, 7) is 3.44. The van der Waals surface area contributed by atoms with Gasteiger partial charge in [-0.2, -0.15) is 0 Å². The molecule has 23 heavy (non-hydrogen) atoms. The molecule has 5 nitrogen and oxygen atoms in total. The number of hydrogen-bond donors (Lipinski definition) is 1. The highest BCUT2D eigenvalue weighted by Gasteiger charge is 2.36. The van der Waals surface area contributed by atoms with E-state index in [0.717, 1.165) is 32.1 Å². The molecule has 0 aromatic heterocycles. The van der Waals surface area contributed by atoms with Gasteiger partial charge >= 0.3 is 0 Å². The van der Waals surface area contributed by atoms with Gasteiger partial charge in [0.25, 0.3) is 0 Å². The second kappa shape index (κ2) is 7.65. The molecule has 2 atom stereocenters. The molecule has 0 aromatic carbocycles. The number of nitrogens with zero attached hydrogens (tertiary/aromatic N) is 2. The molecule has 5 heteroatoms. The molecule has 0 radical (unpaired) electrons. The van der Waals surface area contributed by atoms with Gasteiger partial charge in [-0.25, -0.2) is 0 Å². The predicted octanol–water partition coefficient (Wildman–Crippen LogP) is 1.61. The fourth-order valence-electron chi connectivity index (χ4n) is 4.63. The van der Waals surface area contributed by atoms with Gasteiger partial charge in [-0.05, 0) is 38.1 Å². The van der Waals surface area contributed by atoms with Crippen LogP contribution in [0.5, 0.6) is 0 Å². The van der Waals surface area contributed by atoms with E-state index in [4.69, 9.17) is 5.73 Å². The number of rotatable bonds is 3. The van der Waals surface area contributed by atoms with Crippen molar-refractivity contribution in [2.45, 2.75) is 51.4 Å². The molecule has 1 saturated heterocycles. The summed E-state index contributed by atoms with van der Waals surface area (Å²) in [6, 6.07) is 0. The SMILES string of the molecule is NC[C@H]1CCC[C@H]1C(=O)N1CCN(C(=O)C2CCCCC2)CC1. The first-order valence-corrected chi connectivity index (χ1v) is 9.48. The highest BCUT2D eigenvalue weighted by molar-refractivity contribution is 5.81. The van der Waals surface area contributed by atoms with Crippen LogP contribution in [0.3, 0.4) is 0 Å². The van der Waals surface area contributed by atoms with Gasteiger partial charge in [-0.1, -0.05) is 25.7 Å². The van der Waals surface area contributed by atoms with E-state index in [0.29, 0.717) is 44.5 Å². The Morgan fingerprint density at radius 3 is 2.00 bits per heavy atom. The smallest absolute Gasteiger partial charge is 0.226 e. The monoisotopic (exact) mass is 321 g/mol. The van der Waals surface area contributed by atoms with E-state index in [1.807, 2.05) is 9.80 Å². The fourth-order valence-corrected chi connectivity index (χ4v) is 4.63. The number of piperazine rings is 1. The van der Waals surface area contributed by atoms with E-state index in [9.17, 15) is 9.59 Å². The lowest BCUT2D eigenvalue weighted by Gasteiger charge is -2.38. The van der Waals surface area contributed by atoms with Crippen LogP contribution in [0.2, 0.25) is 0 Å². The van der Waals surface area contributed by atoms with Crippen LogP contribution in [0, 0.1) is 17.8 Å². The summed E-state index contributed by atoms with van der Waals surface area (Å²) >= 11 is 0. The van der Waals surface area contributed by atoms with Gasteiger partial charge in [0.05, 0.1) is 0 Å². The van der Waals surface area contributed by atoms with E-state index in [1.54, 1.807) is 0 Å². The maximum Gasteiger partial charge on any atom is 0.226 e. The molecule has 3 fully saturated rings. The molecular weight excluding hydrogens is 290 g/mol. The zero-order valence-corrected chi connectivity index (χ0v) is 14.2. The molecule has 0 bridgehead atoms. The highest BCUT2D eigenvalue weighted by atomic mass is 16.2. The summed E-state index contributed by atoms with van der Waals surface area (Å²) in [4.78, 5) is 29.3. The summed E-state index contributed by atoms with van der Waals surface area (Å²) < 4.78 is 0. The molecule has 1 heterocycles. The zero-order valence-electron chi connectivity index (χ0n) is 14.2. The van der Waals surface area contributed by atoms with Crippen LogP contribution in [-0.4, -0.2) is 54.3 Å². The molecule has 2 aliphatic carbocycles. The van der Waals surface area contributed by atoms with E-state index < -0.39 is 0 Å². The Labute approximate surface area is 139 Å². The third-order valence-corrected chi connectivity index (χ3v) is 6.14. The Bertz CT molecular complexity index is 426. The van der Waals surface area contributed by atoms with Crippen molar-refractivity contribution in [3.8, 4) is 0 Å². The fraction of sp³-hybridized carbons (Fsp3) is 0.889. The lowest BCUT2D eigenvalue weighted by atomic mass is 9.88. The van der Waals surface area contributed by atoms with Gasteiger partial charge in [0.1, 0.15) is 0 Å². The van der Waals surface area contributed by atoms with Gasteiger partial charge in [-0.15, -0.1) is 0 Å². The molecule has 0 unspecified atom stereocenters. The second-order valence-corrected chi connectivity index (χ2v) is 7.52. The van der Waals surface area contributed by atoms with Gasteiger partial charge in [0.15, 0.2) is 0 Å². The normalized spacial score (nSPS) is 29.8. The topological polar surface area (TPSA) is 66.6 Å². The van der Waals surface area contributed by atoms with Gasteiger partial charge < -0.3 is 15.5 Å². The number of amides is 2. The molecule has 0 spiro atoms. The summed E-state index contributed by atoms with van der Waals surface area (Å²) in [5.41, 5.74) is 5.81. The molecule has 2 N–H and O–H groups in total. The minimum atomic E-state index is 0.126. The summed E-state index contributed by atoms with van der Waals surface area (Å²) in [6.07, 6.45) is 8.97. The van der Waals surface area contributed by atoms with Crippen LogP contribution in [0.25, 0.3) is 0 Å². The number of nitrogens with two attached hydrogens (primary N) is 1. The largest absolute Gasteiger partial charge is 0.339 e. The maximum absolute atomic E-state index is 12.7. The highest BCUT2D eigenvalue weighted by Crippen LogP contribution is 2.33. The van der Waals surface area contributed by atoms with Crippen LogP contribution < -0.4 is 5.73 Å². The van der Waals surface area contributed by atoms with Gasteiger partial charge in [-0.3, -0.25) is 9.59 Å². The van der Waals surface area contributed by atoms with Crippen molar-refractivity contribution in [1.82, 2.24) is 9.80 Å². The number of carbonyl (C=O) groups excluding carboxylic acids is 2. The van der Waals surface area contributed by atoms with E-state index in [-0.39, 0.29) is 17.7 Å². The first-order chi connectivity index (χ1) is 11.2. The third-order valence-electron chi connectivity index (χ3n) is 6.14. The van der Waals surface area contributed by atoms with Crippen LogP contribution >= 0.6 is 0 Å². The van der Waals surface area contributed by atoms with Crippen LogP contribution in [-0.2, 0) is 9.59 Å². The predicted molar refractivity (Wildman–Crippen MR) is 89.6 cm³/mol. The average molecular weight is 321 g/mol. The van der Waals surface area contributed by atoms with Gasteiger partial charge in [0.2, 0.25) is 11.8 Å². The quantitative estimate of drug-likeness (QED) is 0.859. The third kappa shape index (κ3) is 3.70. The Morgan fingerprint density at radius 2 is 1.39 bits per heavy atom. The second-order valence-electron chi connectivity index (χ2n) is 7.52. The molecule has 1 aliphatic heterocycles. The Kier molecular flexibility index (Phi) is 5.57. The lowest BCUT2D eigenvalue weighted by molar-refractivity contribution is -0.145. The standard InChI is InChI=1S/C18H31N3O2/c19-13-15-7-4-8-16(15)18(23)21-11-9-20(10-12-21)17(22)14-5-2-1-3-6-14/h14-16H,1-13,19H2/t15-,16-/m1/s1. The van der Waals surface area contributed by atoms with Crippen molar-refractivity contribution in [2.75, 3.05) is 32.7 Å². The van der Waals surface area contributed by atoms with Crippen molar-refractivity contribution in [2.24, 2.45) is 23.5 Å². The maximum atomic E-state index is 12.7. The zero-order chi connectivity index (χ0) is 16.2. The Hall–Kier alpha value is -1.10. The van der Waals surface area contributed by atoms with Gasteiger partial charge in [0, 0.05) is 38.0 Å². The van der Waals surface area contributed by atoms with Crippen molar-refractivity contribution >= 4 is 11.8 Å². The number of carbonyl (C=O) groups is 2. The average Bonchev–Trinajstić information content (AvgIpc) is 3.10. The van der Waals surface area contributed by atoms with Crippen molar-refractivity contribution < 1.29 is 9.59 Å². The first kappa shape index (κ1) is 16.7. The minimum Gasteiger partial charge on any atom is -0.339 e. The molecule has 3 aliphatic rings. The summed E-state index contributed by atoms with van der Waals surface area (Å²) in [5.74, 6) is 1.34. The number of hydrogen-bond acceptors (Lipinski definition) is 3. The summed E-state index contributed by atoms with van der Waals surface area (Å²) in [5, 5.41) is 0. The summed E-state index contributed by atoms with van der Waals surface area (Å²) in [7, 11) is 0. The van der Waals surface area contributed by atoms with Crippen LogP contribution in [0.15, 0.2) is 0 Å². The van der Waals surface area contributed by atoms with Crippen molar-refractivity contribution in [3.63, 3.8) is 0 Å². The molecule has 2 amide bonds. The van der Waals surface area contributed by atoms with E-state index in [2.05, 4.69) is 0 Å². The first-order valence-electron chi connectivity index (χ1n) is 9.48. The van der Waals surface area contributed by atoms with Crippen LogP contribution in [0.4, 0.5) is 0 Å². The molecule has 3 rings (SSSR count). The molecule has 2 saturated carbocycles. The lowest BCUT2D eigenvalue weighted by Crippen LogP contribution is -2.53. The Balaban J connectivity index is 1.49. The van der Waals surface area contributed by atoms with Crippen LogP contribution in [0.1, 0.15) is 51.4 Å². The van der Waals surface area contributed by atoms with Crippen molar-refractivity contribution in [1.29, 1.82) is 0 Å². The molecular formula is C18H31N3O2. The molecule has 130 valence electrons. The Morgan fingerprint density at radius 1 is 0.783 bits per heavy atom. The van der Waals surface area contributed by atoms with E-state index >= 15 is 0 Å². The molecule has 0 aromatic rings.